The zero-order valence-electron chi connectivity index (χ0n) is 9.20. The summed E-state index contributed by atoms with van der Waals surface area (Å²) in [5.41, 5.74) is 2.08. The van der Waals surface area contributed by atoms with Gasteiger partial charge in [0.25, 0.3) is 5.91 Å². The normalized spacial score (nSPS) is 14.5. The Kier molecular flexibility index (Phi) is 3.05. The van der Waals surface area contributed by atoms with Crippen molar-refractivity contribution in [2.45, 2.75) is 32.7 Å². The summed E-state index contributed by atoms with van der Waals surface area (Å²) < 4.78 is 0. The smallest absolute Gasteiger partial charge is 0.254 e. The molecule has 1 aromatic carbocycles. The summed E-state index contributed by atoms with van der Waals surface area (Å²) in [6.07, 6.45) is 3.53. The van der Waals surface area contributed by atoms with Crippen LogP contribution in [-0.2, 0) is 6.54 Å². The predicted molar refractivity (Wildman–Crippen MR) is 60.7 cm³/mol. The molecule has 1 aliphatic heterocycles. The summed E-state index contributed by atoms with van der Waals surface area (Å²) in [6.45, 7) is 3.89. The van der Waals surface area contributed by atoms with E-state index in [1.165, 1.54) is 18.4 Å². The van der Waals surface area contributed by atoms with Crippen LogP contribution < -0.4 is 0 Å². The van der Waals surface area contributed by atoms with Crippen LogP contribution in [-0.4, -0.2) is 17.4 Å². The molecule has 0 aromatic heterocycles. The molecule has 0 aliphatic carbocycles. The third-order valence-corrected chi connectivity index (χ3v) is 2.93. The Labute approximate surface area is 90.9 Å². The van der Waals surface area contributed by atoms with Gasteiger partial charge in [0.2, 0.25) is 0 Å². The predicted octanol–water partition coefficient (Wildman–Crippen LogP) is 2.83. The van der Waals surface area contributed by atoms with Crippen molar-refractivity contribution in [3.63, 3.8) is 0 Å². The number of rotatable bonds is 4. The number of hydrogen-bond acceptors (Lipinski definition) is 1. The van der Waals surface area contributed by atoms with Crippen LogP contribution in [0.5, 0.6) is 0 Å². The first kappa shape index (κ1) is 10.2. The highest BCUT2D eigenvalue weighted by atomic mass is 16.2. The lowest BCUT2D eigenvalue weighted by Crippen LogP contribution is -2.24. The van der Waals surface area contributed by atoms with E-state index in [1.807, 2.05) is 29.2 Å². The molecule has 1 aromatic rings. The van der Waals surface area contributed by atoms with Crippen LogP contribution in [0.15, 0.2) is 24.3 Å². The molecule has 0 atom stereocenters. The number of nitrogens with zero attached hydrogens (tertiary/aromatic N) is 1. The first-order valence-corrected chi connectivity index (χ1v) is 5.70. The minimum Gasteiger partial charge on any atom is -0.334 e. The lowest BCUT2D eigenvalue weighted by Gasteiger charge is -2.14. The molecule has 1 heterocycles. The molecule has 2 nitrogen and oxygen atoms in total. The van der Waals surface area contributed by atoms with E-state index >= 15 is 0 Å². The van der Waals surface area contributed by atoms with Gasteiger partial charge in [0.15, 0.2) is 0 Å². The summed E-state index contributed by atoms with van der Waals surface area (Å²) >= 11 is 0. The average molecular weight is 203 g/mol. The highest BCUT2D eigenvalue weighted by molar-refractivity contribution is 5.98. The molecule has 1 aliphatic rings. The van der Waals surface area contributed by atoms with Crippen LogP contribution in [0.2, 0.25) is 0 Å². The molecular formula is C13H17NO. The maximum absolute atomic E-state index is 11.9. The Morgan fingerprint density at radius 3 is 2.80 bits per heavy atom. The quantitative estimate of drug-likeness (QED) is 0.689. The van der Waals surface area contributed by atoms with Crippen molar-refractivity contribution in [3.05, 3.63) is 35.4 Å². The molecule has 0 spiro atoms. The fourth-order valence-electron chi connectivity index (χ4n) is 2.05. The molecule has 0 bridgehead atoms. The molecule has 0 saturated heterocycles. The van der Waals surface area contributed by atoms with Crippen molar-refractivity contribution in [1.29, 1.82) is 0 Å². The Bertz CT molecular complexity index is 359. The third kappa shape index (κ3) is 2.04. The number of amides is 1. The molecule has 2 heteroatoms. The summed E-state index contributed by atoms with van der Waals surface area (Å²) in [4.78, 5) is 13.9. The standard InChI is InChI=1S/C13H17NO/c1-2-3-6-9-14-10-11-7-4-5-8-12(11)13(14)15/h4-5,7-8H,2-3,6,9-10H2,1H3. The van der Waals surface area contributed by atoms with Gasteiger partial charge in [-0.3, -0.25) is 4.79 Å². The first-order chi connectivity index (χ1) is 7.33. The topological polar surface area (TPSA) is 20.3 Å². The number of carbonyl (C=O) groups excluding carboxylic acids is 1. The number of benzene rings is 1. The summed E-state index contributed by atoms with van der Waals surface area (Å²) in [6, 6.07) is 7.92. The minimum absolute atomic E-state index is 0.210. The van der Waals surface area contributed by atoms with Gasteiger partial charge < -0.3 is 4.90 Å². The van der Waals surface area contributed by atoms with Gasteiger partial charge in [-0.25, -0.2) is 0 Å². The van der Waals surface area contributed by atoms with E-state index in [1.54, 1.807) is 0 Å². The number of carbonyl (C=O) groups is 1. The van der Waals surface area contributed by atoms with Crippen LogP contribution in [0.1, 0.15) is 42.1 Å². The van der Waals surface area contributed by atoms with Crippen molar-refractivity contribution in [2.75, 3.05) is 6.54 Å². The Hall–Kier alpha value is -1.31. The van der Waals surface area contributed by atoms with Crippen LogP contribution in [0, 0.1) is 0 Å². The number of unbranched alkanes of at least 4 members (excludes halogenated alkanes) is 2. The maximum Gasteiger partial charge on any atom is 0.254 e. The number of hydrogen-bond donors (Lipinski definition) is 0. The highest BCUT2D eigenvalue weighted by Gasteiger charge is 2.25. The second kappa shape index (κ2) is 4.47. The fraction of sp³-hybridized carbons (Fsp3) is 0.462. The highest BCUT2D eigenvalue weighted by Crippen LogP contribution is 2.22. The van der Waals surface area contributed by atoms with E-state index in [-0.39, 0.29) is 5.91 Å². The molecular weight excluding hydrogens is 186 g/mol. The largest absolute Gasteiger partial charge is 0.334 e. The molecule has 0 unspecified atom stereocenters. The Balaban J connectivity index is 2.01. The van der Waals surface area contributed by atoms with Crippen molar-refractivity contribution in [2.24, 2.45) is 0 Å². The van der Waals surface area contributed by atoms with Crippen molar-refractivity contribution in [1.82, 2.24) is 4.90 Å². The van der Waals surface area contributed by atoms with E-state index < -0.39 is 0 Å². The minimum atomic E-state index is 0.210. The van der Waals surface area contributed by atoms with E-state index in [4.69, 9.17) is 0 Å². The summed E-state index contributed by atoms with van der Waals surface area (Å²) in [5.74, 6) is 0.210. The zero-order chi connectivity index (χ0) is 10.7. The molecule has 15 heavy (non-hydrogen) atoms. The second-order valence-electron chi connectivity index (χ2n) is 4.09. The maximum atomic E-state index is 11.9. The van der Waals surface area contributed by atoms with Crippen molar-refractivity contribution >= 4 is 5.91 Å². The van der Waals surface area contributed by atoms with E-state index in [2.05, 4.69) is 6.92 Å². The Morgan fingerprint density at radius 1 is 1.27 bits per heavy atom. The van der Waals surface area contributed by atoms with E-state index in [9.17, 15) is 4.79 Å². The van der Waals surface area contributed by atoms with E-state index in [0.717, 1.165) is 25.1 Å². The average Bonchev–Trinajstić information content (AvgIpc) is 2.57. The van der Waals surface area contributed by atoms with Crippen LogP contribution >= 0.6 is 0 Å². The molecule has 0 fully saturated rings. The van der Waals surface area contributed by atoms with Crippen molar-refractivity contribution in [3.8, 4) is 0 Å². The Morgan fingerprint density at radius 2 is 2.07 bits per heavy atom. The molecule has 0 saturated carbocycles. The van der Waals surface area contributed by atoms with Crippen LogP contribution in [0.3, 0.4) is 0 Å². The molecule has 2 rings (SSSR count). The second-order valence-corrected chi connectivity index (χ2v) is 4.09. The first-order valence-electron chi connectivity index (χ1n) is 5.70. The zero-order valence-corrected chi connectivity index (χ0v) is 9.20. The molecule has 0 radical (unpaired) electrons. The van der Waals surface area contributed by atoms with Crippen molar-refractivity contribution < 1.29 is 4.79 Å². The monoisotopic (exact) mass is 203 g/mol. The molecule has 1 amide bonds. The summed E-state index contributed by atoms with van der Waals surface area (Å²) in [7, 11) is 0. The van der Waals surface area contributed by atoms with Gasteiger partial charge >= 0.3 is 0 Å². The third-order valence-electron chi connectivity index (χ3n) is 2.93. The van der Waals surface area contributed by atoms with Gasteiger partial charge in [0.05, 0.1) is 0 Å². The number of fused-ring (bicyclic) bond motifs is 1. The molecule has 0 N–H and O–H groups in total. The van der Waals surface area contributed by atoms with Gasteiger partial charge in [0, 0.05) is 18.7 Å². The van der Waals surface area contributed by atoms with Gasteiger partial charge in [-0.05, 0) is 18.1 Å². The summed E-state index contributed by atoms with van der Waals surface area (Å²) in [5, 5.41) is 0. The van der Waals surface area contributed by atoms with Crippen LogP contribution in [0.25, 0.3) is 0 Å². The lowest BCUT2D eigenvalue weighted by atomic mass is 10.1. The van der Waals surface area contributed by atoms with Gasteiger partial charge in [-0.15, -0.1) is 0 Å². The van der Waals surface area contributed by atoms with Crippen LogP contribution in [0.4, 0.5) is 0 Å². The van der Waals surface area contributed by atoms with Gasteiger partial charge in [-0.1, -0.05) is 38.0 Å². The molecule has 80 valence electrons. The lowest BCUT2D eigenvalue weighted by molar-refractivity contribution is 0.0775. The van der Waals surface area contributed by atoms with Gasteiger partial charge in [-0.2, -0.15) is 0 Å². The van der Waals surface area contributed by atoms with E-state index in [0.29, 0.717) is 0 Å². The fourth-order valence-corrected chi connectivity index (χ4v) is 2.05. The van der Waals surface area contributed by atoms with Gasteiger partial charge in [0.1, 0.15) is 0 Å². The SMILES string of the molecule is CCCCCN1Cc2ccccc2C1=O.